The maximum atomic E-state index is 12.1. The van der Waals surface area contributed by atoms with Crippen LogP contribution in [-0.4, -0.2) is 34.9 Å². The van der Waals surface area contributed by atoms with E-state index >= 15 is 0 Å². The van der Waals surface area contributed by atoms with E-state index < -0.39 is 0 Å². The van der Waals surface area contributed by atoms with E-state index in [-0.39, 0.29) is 30.7 Å². The Bertz CT molecular complexity index is 622. The number of amides is 1. The molecule has 5 nitrogen and oxygen atoms in total. The average molecular weight is 387 g/mol. The Morgan fingerprint density at radius 2 is 2.28 bits per heavy atom. The molecule has 0 spiro atoms. The van der Waals surface area contributed by atoms with Gasteiger partial charge in [0.2, 0.25) is 5.91 Å². The van der Waals surface area contributed by atoms with Gasteiger partial charge in [-0.3, -0.25) is 4.79 Å². The monoisotopic (exact) mass is 386 g/mol. The van der Waals surface area contributed by atoms with Crippen LogP contribution in [0.5, 0.6) is 0 Å². The van der Waals surface area contributed by atoms with Crippen LogP contribution < -0.4 is 10.6 Å². The summed E-state index contributed by atoms with van der Waals surface area (Å²) >= 11 is 0. The van der Waals surface area contributed by atoms with Crippen molar-refractivity contribution in [2.45, 2.75) is 32.6 Å². The van der Waals surface area contributed by atoms with Crippen LogP contribution in [0.2, 0.25) is 0 Å². The van der Waals surface area contributed by atoms with Gasteiger partial charge in [0.25, 0.3) is 0 Å². The van der Waals surface area contributed by atoms with Crippen LogP contribution in [0.15, 0.2) is 30.6 Å². The Morgan fingerprint density at radius 1 is 1.44 bits per heavy atom. The molecule has 140 valence electrons. The molecule has 0 saturated carbocycles. The van der Waals surface area contributed by atoms with Crippen LogP contribution in [0.3, 0.4) is 0 Å². The van der Waals surface area contributed by atoms with Crippen LogP contribution in [0, 0.1) is 11.8 Å². The molecule has 7 heteroatoms. The molecule has 0 radical (unpaired) electrons. The normalized spacial score (nSPS) is 18.0. The molecule has 2 unspecified atom stereocenters. The largest absolute Gasteiger partial charge is 0.356 e. The SMILES string of the molecule is CC(CC(=O)NCCc1cn2ccccc2n1)C1CCCNC1.Cl.Cl. The van der Waals surface area contributed by atoms with Crippen LogP contribution >= 0.6 is 24.8 Å². The summed E-state index contributed by atoms with van der Waals surface area (Å²) in [6.45, 7) is 5.02. The number of nitrogens with one attached hydrogen (secondary N) is 2. The van der Waals surface area contributed by atoms with E-state index in [1.807, 2.05) is 35.0 Å². The van der Waals surface area contributed by atoms with Crippen molar-refractivity contribution in [3.8, 4) is 0 Å². The molecule has 2 atom stereocenters. The molecule has 2 aromatic heterocycles. The zero-order valence-electron chi connectivity index (χ0n) is 14.6. The van der Waals surface area contributed by atoms with Crippen molar-refractivity contribution in [2.24, 2.45) is 11.8 Å². The number of carbonyl (C=O) groups is 1. The summed E-state index contributed by atoms with van der Waals surface area (Å²) in [6, 6.07) is 5.96. The van der Waals surface area contributed by atoms with Gasteiger partial charge in [0, 0.05) is 31.8 Å². The number of hydrogen-bond acceptors (Lipinski definition) is 3. The molecule has 2 N–H and O–H groups in total. The van der Waals surface area contributed by atoms with Crippen molar-refractivity contribution in [3.63, 3.8) is 0 Å². The lowest BCUT2D eigenvalue weighted by Gasteiger charge is -2.28. The lowest BCUT2D eigenvalue weighted by Crippen LogP contribution is -2.36. The van der Waals surface area contributed by atoms with Gasteiger partial charge in [-0.1, -0.05) is 13.0 Å². The number of halogens is 2. The minimum absolute atomic E-state index is 0. The molecular weight excluding hydrogens is 359 g/mol. The number of imidazole rings is 1. The van der Waals surface area contributed by atoms with E-state index in [1.54, 1.807) is 0 Å². The summed E-state index contributed by atoms with van der Waals surface area (Å²) in [7, 11) is 0. The van der Waals surface area contributed by atoms with Crippen LogP contribution in [0.4, 0.5) is 0 Å². The standard InChI is InChI=1S/C18H26N4O.2ClH/c1-14(15-5-4-8-19-12-15)11-18(23)20-9-7-16-13-22-10-3-2-6-17(22)21-16;;/h2-3,6,10,13-15,19H,4-5,7-9,11-12H2,1H3,(H,20,23);2*1H. The molecule has 1 aliphatic rings. The summed E-state index contributed by atoms with van der Waals surface area (Å²) in [4.78, 5) is 16.6. The summed E-state index contributed by atoms with van der Waals surface area (Å²) in [5, 5.41) is 6.46. The summed E-state index contributed by atoms with van der Waals surface area (Å²) < 4.78 is 2.01. The predicted octanol–water partition coefficient (Wildman–Crippen LogP) is 2.86. The first-order chi connectivity index (χ1) is 11.2. The lowest BCUT2D eigenvalue weighted by atomic mass is 9.85. The number of pyridine rings is 1. The van der Waals surface area contributed by atoms with Gasteiger partial charge in [-0.25, -0.2) is 4.98 Å². The minimum atomic E-state index is 0. The Morgan fingerprint density at radius 3 is 3.00 bits per heavy atom. The molecule has 3 rings (SSSR count). The first-order valence-corrected chi connectivity index (χ1v) is 8.62. The summed E-state index contributed by atoms with van der Waals surface area (Å²) in [5.74, 6) is 1.23. The van der Waals surface area contributed by atoms with Crippen LogP contribution in [0.1, 0.15) is 31.9 Å². The number of rotatable bonds is 6. The first kappa shape index (κ1) is 21.7. The molecule has 3 heterocycles. The minimum Gasteiger partial charge on any atom is -0.356 e. The van der Waals surface area contributed by atoms with Crippen molar-refractivity contribution in [1.82, 2.24) is 20.0 Å². The van der Waals surface area contributed by atoms with Gasteiger partial charge in [0.1, 0.15) is 5.65 Å². The Labute approximate surface area is 161 Å². The first-order valence-electron chi connectivity index (χ1n) is 8.62. The topological polar surface area (TPSA) is 58.4 Å². The molecule has 1 aliphatic heterocycles. The molecular formula is C18H28Cl2N4O. The molecule has 1 saturated heterocycles. The van der Waals surface area contributed by atoms with E-state index in [9.17, 15) is 4.79 Å². The molecule has 1 amide bonds. The third-order valence-corrected chi connectivity index (χ3v) is 4.76. The van der Waals surface area contributed by atoms with Crippen LogP contribution in [-0.2, 0) is 11.2 Å². The highest BCUT2D eigenvalue weighted by atomic mass is 35.5. The van der Waals surface area contributed by atoms with Gasteiger partial charge in [-0.2, -0.15) is 0 Å². The van der Waals surface area contributed by atoms with E-state index in [2.05, 4.69) is 22.5 Å². The number of nitrogens with zero attached hydrogens (tertiary/aromatic N) is 2. The molecule has 0 bridgehead atoms. The number of piperidine rings is 1. The Balaban J connectivity index is 0.00000156. The van der Waals surface area contributed by atoms with Crippen molar-refractivity contribution in [3.05, 3.63) is 36.3 Å². The quantitative estimate of drug-likeness (QED) is 0.802. The third kappa shape index (κ3) is 6.17. The van der Waals surface area contributed by atoms with E-state index in [4.69, 9.17) is 0 Å². The highest BCUT2D eigenvalue weighted by molar-refractivity contribution is 5.85. The van der Waals surface area contributed by atoms with Crippen LogP contribution in [0.25, 0.3) is 5.65 Å². The van der Waals surface area contributed by atoms with Gasteiger partial charge >= 0.3 is 0 Å². The van der Waals surface area contributed by atoms with E-state index in [0.717, 1.165) is 30.9 Å². The highest BCUT2D eigenvalue weighted by Crippen LogP contribution is 2.22. The maximum absolute atomic E-state index is 12.1. The Kier molecular flexibility index (Phi) is 9.25. The highest BCUT2D eigenvalue weighted by Gasteiger charge is 2.21. The van der Waals surface area contributed by atoms with Gasteiger partial charge in [0.15, 0.2) is 0 Å². The zero-order valence-corrected chi connectivity index (χ0v) is 16.2. The third-order valence-electron chi connectivity index (χ3n) is 4.76. The van der Waals surface area contributed by atoms with Crippen molar-refractivity contribution < 1.29 is 4.79 Å². The van der Waals surface area contributed by atoms with Gasteiger partial charge in [-0.15, -0.1) is 24.8 Å². The second kappa shape index (κ2) is 10.6. The van der Waals surface area contributed by atoms with Gasteiger partial charge < -0.3 is 15.0 Å². The smallest absolute Gasteiger partial charge is 0.220 e. The fourth-order valence-corrected chi connectivity index (χ4v) is 3.33. The molecule has 25 heavy (non-hydrogen) atoms. The fraction of sp³-hybridized carbons (Fsp3) is 0.556. The van der Waals surface area contributed by atoms with Crippen molar-refractivity contribution in [1.29, 1.82) is 0 Å². The zero-order chi connectivity index (χ0) is 16.1. The number of aromatic nitrogens is 2. The van der Waals surface area contributed by atoms with Gasteiger partial charge in [-0.05, 0) is 49.9 Å². The average Bonchev–Trinajstić information content (AvgIpc) is 2.98. The fourth-order valence-electron chi connectivity index (χ4n) is 3.33. The van der Waals surface area contributed by atoms with E-state index in [0.29, 0.717) is 24.8 Å². The molecule has 0 aromatic carbocycles. The van der Waals surface area contributed by atoms with E-state index in [1.165, 1.54) is 12.8 Å². The number of hydrogen-bond donors (Lipinski definition) is 2. The Hall–Kier alpha value is -1.30. The summed E-state index contributed by atoms with van der Waals surface area (Å²) in [6.07, 6.45) is 7.87. The lowest BCUT2D eigenvalue weighted by molar-refractivity contribution is -0.122. The molecule has 2 aromatic rings. The second-order valence-electron chi connectivity index (χ2n) is 6.59. The van der Waals surface area contributed by atoms with Crippen molar-refractivity contribution >= 4 is 36.4 Å². The predicted molar refractivity (Wildman–Crippen MR) is 106 cm³/mol. The van der Waals surface area contributed by atoms with Gasteiger partial charge in [0.05, 0.1) is 5.69 Å². The second-order valence-corrected chi connectivity index (χ2v) is 6.59. The maximum Gasteiger partial charge on any atom is 0.220 e. The molecule has 0 aliphatic carbocycles. The number of carbonyl (C=O) groups excluding carboxylic acids is 1. The van der Waals surface area contributed by atoms with Crippen molar-refractivity contribution in [2.75, 3.05) is 19.6 Å². The number of fused-ring (bicyclic) bond motifs is 1. The molecule has 1 fully saturated rings. The summed E-state index contributed by atoms with van der Waals surface area (Å²) in [5.41, 5.74) is 1.97.